The Morgan fingerprint density at radius 3 is 2.83 bits per heavy atom. The lowest BCUT2D eigenvalue weighted by Crippen LogP contribution is -2.31. The first-order valence-electron chi connectivity index (χ1n) is 8.59. The maximum absolute atomic E-state index is 11.8. The largest absolute Gasteiger partial charge is 0.422 e. The van der Waals surface area contributed by atoms with Gasteiger partial charge >= 0.3 is 6.09 Å². The molecule has 2 aliphatic carbocycles. The third kappa shape index (κ3) is 2.92. The van der Waals surface area contributed by atoms with Crippen molar-refractivity contribution >= 4 is 6.09 Å². The molecule has 0 bridgehead atoms. The number of hydrogen-bond acceptors (Lipinski definition) is 5. The summed E-state index contributed by atoms with van der Waals surface area (Å²) in [5, 5.41) is 0. The molecule has 2 saturated carbocycles. The van der Waals surface area contributed by atoms with E-state index in [4.69, 9.17) is 9.47 Å². The molecule has 0 spiro atoms. The summed E-state index contributed by atoms with van der Waals surface area (Å²) < 4.78 is 11.0. The van der Waals surface area contributed by atoms with Crippen LogP contribution in [0.1, 0.15) is 44.3 Å². The molecule has 23 heavy (non-hydrogen) atoms. The van der Waals surface area contributed by atoms with Crippen molar-refractivity contribution in [3.8, 4) is 0 Å². The van der Waals surface area contributed by atoms with E-state index in [0.29, 0.717) is 5.92 Å². The molecule has 1 amide bonds. The highest BCUT2D eigenvalue weighted by Crippen LogP contribution is 2.61. The molecule has 0 radical (unpaired) electrons. The van der Waals surface area contributed by atoms with Gasteiger partial charge in [-0.25, -0.2) is 14.8 Å². The second-order valence-electron chi connectivity index (χ2n) is 6.91. The Kier molecular flexibility index (Phi) is 3.93. The fraction of sp³-hybridized carbons (Fsp3) is 0.706. The van der Waals surface area contributed by atoms with Gasteiger partial charge in [0.15, 0.2) is 6.79 Å². The van der Waals surface area contributed by atoms with Crippen LogP contribution in [0.15, 0.2) is 18.5 Å². The standard InChI is InChI=1S/C17H23N3O3/c21-16(20-8-1-2-9-20)23-12-22-14-4-5-17(11-13(17)10-14)15-18-6-3-7-19-15/h3,6-7,13-14H,1-2,4-5,8-12H2/t13-,14+,17-/m1/s1. The number of likely N-dealkylation sites (tertiary alicyclic amines) is 1. The zero-order valence-corrected chi connectivity index (χ0v) is 13.3. The summed E-state index contributed by atoms with van der Waals surface area (Å²) >= 11 is 0. The monoisotopic (exact) mass is 317 g/mol. The lowest BCUT2D eigenvalue weighted by atomic mass is 9.86. The summed E-state index contributed by atoms with van der Waals surface area (Å²) in [7, 11) is 0. The molecule has 6 nitrogen and oxygen atoms in total. The number of fused-ring (bicyclic) bond motifs is 1. The smallest absolute Gasteiger partial charge is 0.411 e. The minimum Gasteiger partial charge on any atom is -0.422 e. The van der Waals surface area contributed by atoms with Crippen molar-refractivity contribution in [2.75, 3.05) is 19.9 Å². The van der Waals surface area contributed by atoms with Crippen LogP contribution in [0.5, 0.6) is 0 Å². The number of carbonyl (C=O) groups is 1. The van der Waals surface area contributed by atoms with Crippen molar-refractivity contribution < 1.29 is 14.3 Å². The first-order chi connectivity index (χ1) is 11.3. The van der Waals surface area contributed by atoms with Crippen molar-refractivity contribution in [3.63, 3.8) is 0 Å². The lowest BCUT2D eigenvalue weighted by molar-refractivity contribution is -0.0767. The summed E-state index contributed by atoms with van der Waals surface area (Å²) in [6, 6.07) is 1.86. The number of aromatic nitrogens is 2. The minimum absolute atomic E-state index is 0.0710. The minimum atomic E-state index is -0.239. The fourth-order valence-corrected chi connectivity index (χ4v) is 4.11. The predicted octanol–water partition coefficient (Wildman–Crippen LogP) is 2.49. The van der Waals surface area contributed by atoms with E-state index in [1.807, 2.05) is 18.5 Å². The molecule has 1 aromatic heterocycles. The van der Waals surface area contributed by atoms with Crippen molar-refractivity contribution in [3.05, 3.63) is 24.3 Å². The molecular weight excluding hydrogens is 294 g/mol. The van der Waals surface area contributed by atoms with Gasteiger partial charge in [0, 0.05) is 30.9 Å². The highest BCUT2D eigenvalue weighted by Gasteiger charge is 2.59. The van der Waals surface area contributed by atoms with E-state index in [1.165, 1.54) is 0 Å². The van der Waals surface area contributed by atoms with E-state index >= 15 is 0 Å². The van der Waals surface area contributed by atoms with Gasteiger partial charge in [-0.05, 0) is 50.5 Å². The average molecular weight is 317 g/mol. The van der Waals surface area contributed by atoms with Crippen LogP contribution >= 0.6 is 0 Å². The first-order valence-corrected chi connectivity index (χ1v) is 8.59. The third-order valence-electron chi connectivity index (χ3n) is 5.55. The Morgan fingerprint density at radius 1 is 1.30 bits per heavy atom. The van der Waals surface area contributed by atoms with Crippen LogP contribution in [0, 0.1) is 5.92 Å². The molecule has 1 saturated heterocycles. The normalized spacial score (nSPS) is 32.4. The van der Waals surface area contributed by atoms with Crippen LogP contribution in [0.2, 0.25) is 0 Å². The van der Waals surface area contributed by atoms with Crippen molar-refractivity contribution in [1.29, 1.82) is 0 Å². The molecule has 3 atom stereocenters. The van der Waals surface area contributed by atoms with Crippen LogP contribution in [0.25, 0.3) is 0 Å². The maximum Gasteiger partial charge on any atom is 0.411 e. The number of amides is 1. The summed E-state index contributed by atoms with van der Waals surface area (Å²) in [4.78, 5) is 22.4. The quantitative estimate of drug-likeness (QED) is 0.798. The molecule has 0 aromatic carbocycles. The van der Waals surface area contributed by atoms with Crippen LogP contribution in [-0.2, 0) is 14.9 Å². The molecule has 0 unspecified atom stereocenters. The number of nitrogens with zero attached hydrogens (tertiary/aromatic N) is 3. The molecule has 0 N–H and O–H groups in total. The van der Waals surface area contributed by atoms with E-state index in [9.17, 15) is 4.79 Å². The number of ether oxygens (including phenoxy) is 2. The van der Waals surface area contributed by atoms with E-state index in [2.05, 4.69) is 9.97 Å². The molecule has 1 aliphatic heterocycles. The van der Waals surface area contributed by atoms with Gasteiger partial charge in [0.05, 0.1) is 6.10 Å². The highest BCUT2D eigenvalue weighted by molar-refractivity contribution is 5.67. The molecule has 6 heteroatoms. The van der Waals surface area contributed by atoms with Crippen molar-refractivity contribution in [2.24, 2.45) is 5.92 Å². The highest BCUT2D eigenvalue weighted by atomic mass is 16.7. The molecule has 124 valence electrons. The number of hydrogen-bond donors (Lipinski definition) is 0. The summed E-state index contributed by atoms with van der Waals surface area (Å²) in [6.07, 6.45) is 9.96. The van der Waals surface area contributed by atoms with E-state index in [-0.39, 0.29) is 24.4 Å². The zero-order valence-electron chi connectivity index (χ0n) is 13.3. The Bertz CT molecular complexity index is 561. The topological polar surface area (TPSA) is 64.5 Å². The molecule has 2 heterocycles. The second-order valence-corrected chi connectivity index (χ2v) is 6.91. The van der Waals surface area contributed by atoms with E-state index in [1.54, 1.807) is 4.90 Å². The Hall–Kier alpha value is -1.69. The van der Waals surface area contributed by atoms with Gasteiger partial charge in [0.2, 0.25) is 0 Å². The number of rotatable bonds is 4. The molecule has 3 aliphatic rings. The van der Waals surface area contributed by atoms with Crippen molar-refractivity contribution in [2.45, 2.75) is 50.0 Å². The van der Waals surface area contributed by atoms with E-state index in [0.717, 1.165) is 57.4 Å². The van der Waals surface area contributed by atoms with E-state index < -0.39 is 0 Å². The molecular formula is C17H23N3O3. The second kappa shape index (κ2) is 6.07. The van der Waals surface area contributed by atoms with Crippen molar-refractivity contribution in [1.82, 2.24) is 14.9 Å². The average Bonchev–Trinajstić information content (AvgIpc) is 3.06. The predicted molar refractivity (Wildman–Crippen MR) is 82.7 cm³/mol. The lowest BCUT2D eigenvalue weighted by Gasteiger charge is -2.27. The zero-order chi connectivity index (χ0) is 15.7. The van der Waals surface area contributed by atoms with Gasteiger partial charge in [-0.1, -0.05) is 0 Å². The van der Waals surface area contributed by atoms with Gasteiger partial charge < -0.3 is 14.4 Å². The van der Waals surface area contributed by atoms with Gasteiger partial charge in [0.25, 0.3) is 0 Å². The van der Waals surface area contributed by atoms with Crippen LogP contribution in [0.3, 0.4) is 0 Å². The van der Waals surface area contributed by atoms with Gasteiger partial charge in [-0.2, -0.15) is 0 Å². The summed E-state index contributed by atoms with van der Waals surface area (Å²) in [6.45, 7) is 1.69. The molecule has 3 fully saturated rings. The van der Waals surface area contributed by atoms with Crippen LogP contribution < -0.4 is 0 Å². The SMILES string of the molecule is O=C(OCO[C@H]1CC[C@@]2(c3ncccn3)C[C@H]2C1)N1CCCC1. The fourth-order valence-electron chi connectivity index (χ4n) is 4.11. The number of carbonyl (C=O) groups excluding carboxylic acids is 1. The molecule has 1 aromatic rings. The molecule has 4 rings (SSSR count). The Balaban J connectivity index is 1.23. The Morgan fingerprint density at radius 2 is 2.09 bits per heavy atom. The van der Waals surface area contributed by atoms with Gasteiger partial charge in [-0.3, -0.25) is 0 Å². The van der Waals surface area contributed by atoms with Gasteiger partial charge in [-0.15, -0.1) is 0 Å². The summed E-state index contributed by atoms with van der Waals surface area (Å²) in [5.74, 6) is 1.60. The van der Waals surface area contributed by atoms with Crippen LogP contribution in [-0.4, -0.2) is 46.9 Å². The maximum atomic E-state index is 11.8. The third-order valence-corrected chi connectivity index (χ3v) is 5.55. The van der Waals surface area contributed by atoms with Crippen LogP contribution in [0.4, 0.5) is 4.79 Å². The van der Waals surface area contributed by atoms with Gasteiger partial charge in [0.1, 0.15) is 5.82 Å². The first kappa shape index (κ1) is 14.9. The Labute approximate surface area is 136 Å². The summed E-state index contributed by atoms with van der Waals surface area (Å²) in [5.41, 5.74) is 0.188.